The van der Waals surface area contributed by atoms with Crippen LogP contribution in [-0.4, -0.2) is 27.5 Å². The van der Waals surface area contributed by atoms with E-state index in [0.29, 0.717) is 13.2 Å². The summed E-state index contributed by atoms with van der Waals surface area (Å²) in [4.78, 5) is 11.2. The van der Waals surface area contributed by atoms with Crippen LogP contribution in [0.2, 0.25) is 18.1 Å². The van der Waals surface area contributed by atoms with Gasteiger partial charge >= 0.3 is 5.97 Å². The SMILES string of the molecule is CCOC(=O)/C=C(\C)CO[Si](CC)(CC)CC. The molecule has 0 aliphatic carbocycles. The lowest BCUT2D eigenvalue weighted by molar-refractivity contribution is -0.137. The van der Waals surface area contributed by atoms with Gasteiger partial charge in [-0.2, -0.15) is 0 Å². The highest BCUT2D eigenvalue weighted by molar-refractivity contribution is 6.73. The summed E-state index contributed by atoms with van der Waals surface area (Å²) in [5, 5.41) is 0. The Bertz CT molecular complexity index is 249. The van der Waals surface area contributed by atoms with Gasteiger partial charge in [0.1, 0.15) is 0 Å². The number of carbonyl (C=O) groups excluding carboxylic acids is 1. The van der Waals surface area contributed by atoms with E-state index < -0.39 is 8.32 Å². The van der Waals surface area contributed by atoms with Crippen molar-refractivity contribution in [3.05, 3.63) is 11.6 Å². The highest BCUT2D eigenvalue weighted by Gasteiger charge is 2.28. The van der Waals surface area contributed by atoms with Crippen LogP contribution in [0.1, 0.15) is 34.6 Å². The predicted octanol–water partition coefficient (Wildman–Crippen LogP) is 3.52. The van der Waals surface area contributed by atoms with Gasteiger partial charge in [0.25, 0.3) is 0 Å². The number of ether oxygens (including phenoxy) is 1. The van der Waals surface area contributed by atoms with Gasteiger partial charge in [-0.3, -0.25) is 0 Å². The molecule has 0 aliphatic rings. The number of carbonyl (C=O) groups is 1. The van der Waals surface area contributed by atoms with Crippen molar-refractivity contribution < 1.29 is 14.0 Å². The Hall–Kier alpha value is -0.613. The zero-order chi connectivity index (χ0) is 13.3. The quantitative estimate of drug-likeness (QED) is 0.380. The summed E-state index contributed by atoms with van der Waals surface area (Å²) in [6.45, 7) is 11.3. The topological polar surface area (TPSA) is 35.5 Å². The van der Waals surface area contributed by atoms with Crippen LogP contribution < -0.4 is 0 Å². The first-order chi connectivity index (χ1) is 8.03. The molecule has 4 heteroatoms. The molecule has 0 spiro atoms. The first-order valence-electron chi connectivity index (χ1n) is 6.51. The lowest BCUT2D eigenvalue weighted by Crippen LogP contribution is -2.36. The van der Waals surface area contributed by atoms with Crippen LogP contribution in [0, 0.1) is 0 Å². The minimum atomic E-state index is -1.54. The summed E-state index contributed by atoms with van der Waals surface area (Å²) in [6.07, 6.45) is 1.53. The standard InChI is InChI=1S/C13H26O3Si/c1-6-15-13(14)10-12(5)11-16-17(7-2,8-3)9-4/h10H,6-9,11H2,1-5H3/b12-10+. The normalized spacial score (nSPS) is 12.6. The Morgan fingerprint density at radius 2 is 1.65 bits per heavy atom. The molecule has 0 atom stereocenters. The molecular weight excluding hydrogens is 232 g/mol. The third-order valence-electron chi connectivity index (χ3n) is 3.19. The fourth-order valence-electron chi connectivity index (χ4n) is 1.75. The molecule has 0 amide bonds. The number of rotatable bonds is 8. The molecule has 0 N–H and O–H groups in total. The van der Waals surface area contributed by atoms with E-state index in [1.54, 1.807) is 6.92 Å². The van der Waals surface area contributed by atoms with Crippen LogP contribution in [0.4, 0.5) is 0 Å². The molecule has 0 aromatic heterocycles. The molecule has 0 saturated carbocycles. The van der Waals surface area contributed by atoms with Crippen LogP contribution in [-0.2, 0) is 14.0 Å². The average molecular weight is 258 g/mol. The smallest absolute Gasteiger partial charge is 0.330 e. The molecule has 0 saturated heterocycles. The lowest BCUT2D eigenvalue weighted by atomic mass is 10.3. The maximum atomic E-state index is 11.2. The van der Waals surface area contributed by atoms with Crippen molar-refractivity contribution in [1.29, 1.82) is 0 Å². The third kappa shape index (κ3) is 6.03. The first kappa shape index (κ1) is 16.4. The molecule has 100 valence electrons. The van der Waals surface area contributed by atoms with Crippen molar-refractivity contribution in [2.24, 2.45) is 0 Å². The molecule has 0 rings (SSSR count). The molecule has 0 unspecified atom stereocenters. The largest absolute Gasteiger partial charge is 0.463 e. The summed E-state index contributed by atoms with van der Waals surface area (Å²) in [5.74, 6) is -0.273. The van der Waals surface area contributed by atoms with Gasteiger partial charge in [0, 0.05) is 6.08 Å². The Labute approximate surface area is 106 Å². The predicted molar refractivity (Wildman–Crippen MR) is 73.5 cm³/mol. The van der Waals surface area contributed by atoms with E-state index >= 15 is 0 Å². The van der Waals surface area contributed by atoms with Crippen molar-refractivity contribution in [3.8, 4) is 0 Å². The Kier molecular flexibility index (Phi) is 8.17. The number of hydrogen-bond acceptors (Lipinski definition) is 3. The lowest BCUT2D eigenvalue weighted by Gasteiger charge is -2.28. The summed E-state index contributed by atoms with van der Waals surface area (Å²) < 4.78 is 10.9. The monoisotopic (exact) mass is 258 g/mol. The van der Waals surface area contributed by atoms with Crippen LogP contribution in [0.3, 0.4) is 0 Å². The minimum absolute atomic E-state index is 0.273. The van der Waals surface area contributed by atoms with Crippen LogP contribution >= 0.6 is 0 Å². The van der Waals surface area contributed by atoms with Gasteiger partial charge in [-0.15, -0.1) is 0 Å². The molecular formula is C13H26O3Si. The second-order valence-corrected chi connectivity index (χ2v) is 9.05. The van der Waals surface area contributed by atoms with Gasteiger partial charge in [0.05, 0.1) is 13.2 Å². The van der Waals surface area contributed by atoms with E-state index in [0.717, 1.165) is 23.7 Å². The average Bonchev–Trinajstić information content (AvgIpc) is 2.32. The van der Waals surface area contributed by atoms with Gasteiger partial charge in [-0.05, 0) is 37.6 Å². The van der Waals surface area contributed by atoms with Crippen molar-refractivity contribution in [1.82, 2.24) is 0 Å². The van der Waals surface area contributed by atoms with Gasteiger partial charge < -0.3 is 9.16 Å². The maximum absolute atomic E-state index is 11.2. The van der Waals surface area contributed by atoms with E-state index in [-0.39, 0.29) is 5.97 Å². The van der Waals surface area contributed by atoms with Gasteiger partial charge in [-0.1, -0.05) is 20.8 Å². The number of esters is 1. The van der Waals surface area contributed by atoms with Gasteiger partial charge in [0.2, 0.25) is 0 Å². The molecule has 0 radical (unpaired) electrons. The Balaban J connectivity index is 4.30. The van der Waals surface area contributed by atoms with Crippen molar-refractivity contribution in [2.45, 2.75) is 52.8 Å². The zero-order valence-electron chi connectivity index (χ0n) is 11.8. The maximum Gasteiger partial charge on any atom is 0.330 e. The summed E-state index contributed by atoms with van der Waals surface area (Å²) in [7, 11) is -1.54. The first-order valence-corrected chi connectivity index (χ1v) is 9.04. The van der Waals surface area contributed by atoms with Crippen molar-refractivity contribution in [2.75, 3.05) is 13.2 Å². The molecule has 0 aliphatic heterocycles. The molecule has 0 heterocycles. The van der Waals surface area contributed by atoms with Crippen LogP contribution in [0.5, 0.6) is 0 Å². The van der Waals surface area contributed by atoms with Crippen LogP contribution in [0.25, 0.3) is 0 Å². The molecule has 0 fully saturated rings. The van der Waals surface area contributed by atoms with E-state index in [1.807, 2.05) is 6.92 Å². The molecule has 3 nitrogen and oxygen atoms in total. The second kappa shape index (κ2) is 8.47. The minimum Gasteiger partial charge on any atom is -0.463 e. The fraction of sp³-hybridized carbons (Fsp3) is 0.769. The highest BCUT2D eigenvalue weighted by Crippen LogP contribution is 2.22. The van der Waals surface area contributed by atoms with Crippen LogP contribution in [0.15, 0.2) is 11.6 Å². The Morgan fingerprint density at radius 3 is 2.06 bits per heavy atom. The molecule has 0 aromatic rings. The van der Waals surface area contributed by atoms with E-state index in [1.165, 1.54) is 6.08 Å². The fourth-order valence-corrected chi connectivity index (χ4v) is 4.40. The van der Waals surface area contributed by atoms with Gasteiger partial charge in [-0.25, -0.2) is 4.79 Å². The van der Waals surface area contributed by atoms with E-state index in [4.69, 9.17) is 9.16 Å². The highest BCUT2D eigenvalue weighted by atomic mass is 28.4. The van der Waals surface area contributed by atoms with E-state index in [9.17, 15) is 4.79 Å². The second-order valence-electron chi connectivity index (χ2n) is 4.28. The molecule has 0 bridgehead atoms. The van der Waals surface area contributed by atoms with Crippen molar-refractivity contribution >= 4 is 14.3 Å². The zero-order valence-corrected chi connectivity index (χ0v) is 12.8. The summed E-state index contributed by atoms with van der Waals surface area (Å²) in [5.41, 5.74) is 0.940. The third-order valence-corrected chi connectivity index (χ3v) is 7.81. The number of hydrogen-bond donors (Lipinski definition) is 0. The van der Waals surface area contributed by atoms with E-state index in [2.05, 4.69) is 20.8 Å². The summed E-state index contributed by atoms with van der Waals surface area (Å²) >= 11 is 0. The Morgan fingerprint density at radius 1 is 1.12 bits per heavy atom. The summed E-state index contributed by atoms with van der Waals surface area (Å²) in [6, 6.07) is 3.39. The molecule has 17 heavy (non-hydrogen) atoms. The van der Waals surface area contributed by atoms with Gasteiger partial charge in [0.15, 0.2) is 8.32 Å². The molecule has 0 aromatic carbocycles. The van der Waals surface area contributed by atoms with Crippen molar-refractivity contribution in [3.63, 3.8) is 0 Å².